The van der Waals surface area contributed by atoms with E-state index in [1.54, 1.807) is 6.20 Å². The van der Waals surface area contributed by atoms with Crippen molar-refractivity contribution in [1.82, 2.24) is 20.0 Å². The van der Waals surface area contributed by atoms with E-state index in [4.69, 9.17) is 5.73 Å². The largest absolute Gasteiger partial charge is 0.368 e. The van der Waals surface area contributed by atoms with Crippen molar-refractivity contribution >= 4 is 11.9 Å². The number of aromatic nitrogens is 2. The van der Waals surface area contributed by atoms with Gasteiger partial charge in [-0.2, -0.15) is 5.10 Å². The first-order valence-corrected chi connectivity index (χ1v) is 8.02. The van der Waals surface area contributed by atoms with Gasteiger partial charge in [0.25, 0.3) is 0 Å². The number of carbonyl (C=O) groups excluding carboxylic acids is 2. The molecule has 1 fully saturated rings. The van der Waals surface area contributed by atoms with Gasteiger partial charge in [-0.25, -0.2) is 4.79 Å². The number of nitrogens with zero attached hydrogens (tertiary/aromatic N) is 3. The van der Waals surface area contributed by atoms with Crippen LogP contribution in [-0.4, -0.2) is 39.2 Å². The Balaban J connectivity index is 1.54. The second-order valence-electron chi connectivity index (χ2n) is 5.94. The third kappa shape index (κ3) is 3.73. The number of amides is 3. The SMILES string of the molecule is NC(=O)C1CCCN1C(=O)NCc1cnn(Cc2ccccc2)c1. The van der Waals surface area contributed by atoms with Gasteiger partial charge in [-0.3, -0.25) is 9.48 Å². The van der Waals surface area contributed by atoms with Crippen LogP contribution in [0.2, 0.25) is 0 Å². The average Bonchev–Trinajstić information content (AvgIpc) is 3.23. The van der Waals surface area contributed by atoms with Crippen molar-refractivity contribution in [2.75, 3.05) is 6.54 Å². The molecule has 1 atom stereocenters. The van der Waals surface area contributed by atoms with Gasteiger partial charge in [0.15, 0.2) is 0 Å². The first-order chi connectivity index (χ1) is 11.6. The van der Waals surface area contributed by atoms with Gasteiger partial charge >= 0.3 is 6.03 Å². The zero-order valence-corrected chi connectivity index (χ0v) is 13.4. The summed E-state index contributed by atoms with van der Waals surface area (Å²) in [6.07, 6.45) is 5.08. The highest BCUT2D eigenvalue weighted by molar-refractivity contribution is 5.86. The van der Waals surface area contributed by atoms with Gasteiger partial charge in [0.1, 0.15) is 6.04 Å². The fourth-order valence-electron chi connectivity index (χ4n) is 2.94. The molecule has 0 spiro atoms. The maximum Gasteiger partial charge on any atom is 0.318 e. The van der Waals surface area contributed by atoms with Gasteiger partial charge < -0.3 is 16.0 Å². The van der Waals surface area contributed by atoms with E-state index in [1.165, 1.54) is 4.90 Å². The monoisotopic (exact) mass is 327 g/mol. The zero-order chi connectivity index (χ0) is 16.9. The summed E-state index contributed by atoms with van der Waals surface area (Å²) in [5, 5.41) is 7.14. The van der Waals surface area contributed by atoms with Crippen LogP contribution in [0.3, 0.4) is 0 Å². The average molecular weight is 327 g/mol. The van der Waals surface area contributed by atoms with Crippen LogP contribution in [0.4, 0.5) is 4.79 Å². The lowest BCUT2D eigenvalue weighted by Gasteiger charge is -2.22. The molecule has 0 radical (unpaired) electrons. The quantitative estimate of drug-likeness (QED) is 0.861. The van der Waals surface area contributed by atoms with E-state index in [1.807, 2.05) is 41.2 Å². The smallest absolute Gasteiger partial charge is 0.318 e. The van der Waals surface area contributed by atoms with Crippen molar-refractivity contribution in [3.63, 3.8) is 0 Å². The minimum absolute atomic E-state index is 0.257. The second kappa shape index (κ2) is 7.16. The molecule has 3 N–H and O–H groups in total. The molecule has 1 unspecified atom stereocenters. The summed E-state index contributed by atoms with van der Waals surface area (Å²) in [5.74, 6) is -0.446. The van der Waals surface area contributed by atoms with Gasteiger partial charge in [0.2, 0.25) is 5.91 Å². The highest BCUT2D eigenvalue weighted by Gasteiger charge is 2.32. The van der Waals surface area contributed by atoms with Gasteiger partial charge in [0.05, 0.1) is 12.7 Å². The minimum Gasteiger partial charge on any atom is -0.368 e. The number of nitrogens with two attached hydrogens (primary N) is 1. The van der Waals surface area contributed by atoms with Crippen LogP contribution < -0.4 is 11.1 Å². The number of hydrogen-bond donors (Lipinski definition) is 2. The van der Waals surface area contributed by atoms with E-state index < -0.39 is 11.9 Å². The predicted molar refractivity (Wildman–Crippen MR) is 88.9 cm³/mol. The van der Waals surface area contributed by atoms with Gasteiger partial charge in [-0.15, -0.1) is 0 Å². The molecular weight excluding hydrogens is 306 g/mol. The number of primary amides is 1. The van der Waals surface area contributed by atoms with Crippen molar-refractivity contribution in [3.8, 4) is 0 Å². The first kappa shape index (κ1) is 16.0. The topological polar surface area (TPSA) is 93.2 Å². The van der Waals surface area contributed by atoms with Crippen LogP contribution in [0, 0.1) is 0 Å². The van der Waals surface area contributed by atoms with E-state index in [0.717, 1.165) is 17.5 Å². The van der Waals surface area contributed by atoms with Gasteiger partial charge in [-0.1, -0.05) is 30.3 Å². The lowest BCUT2D eigenvalue weighted by atomic mass is 10.2. The number of benzene rings is 1. The van der Waals surface area contributed by atoms with Crippen LogP contribution in [0.15, 0.2) is 42.7 Å². The molecule has 0 aliphatic carbocycles. The lowest BCUT2D eigenvalue weighted by Crippen LogP contribution is -2.47. The molecule has 1 aromatic heterocycles. The first-order valence-electron chi connectivity index (χ1n) is 8.02. The molecule has 3 rings (SSSR count). The molecule has 2 heterocycles. The van der Waals surface area contributed by atoms with Crippen LogP contribution in [0.5, 0.6) is 0 Å². The third-order valence-electron chi connectivity index (χ3n) is 4.16. The molecule has 7 nitrogen and oxygen atoms in total. The molecule has 1 aliphatic rings. The molecule has 0 bridgehead atoms. The fraction of sp³-hybridized carbons (Fsp3) is 0.353. The van der Waals surface area contributed by atoms with Crippen molar-refractivity contribution in [3.05, 3.63) is 53.9 Å². The number of nitrogens with one attached hydrogen (secondary N) is 1. The zero-order valence-electron chi connectivity index (χ0n) is 13.4. The molecule has 1 saturated heterocycles. The highest BCUT2D eigenvalue weighted by atomic mass is 16.2. The van der Waals surface area contributed by atoms with Gasteiger partial charge in [-0.05, 0) is 18.4 Å². The third-order valence-corrected chi connectivity index (χ3v) is 4.16. The summed E-state index contributed by atoms with van der Waals surface area (Å²) in [4.78, 5) is 25.1. The van der Waals surface area contributed by atoms with Crippen molar-refractivity contribution in [2.45, 2.75) is 32.0 Å². The summed E-state index contributed by atoms with van der Waals surface area (Å²) < 4.78 is 1.83. The predicted octanol–water partition coefficient (Wildman–Crippen LogP) is 1.09. The second-order valence-corrected chi connectivity index (χ2v) is 5.94. The summed E-state index contributed by atoms with van der Waals surface area (Å²) in [7, 11) is 0. The van der Waals surface area contributed by atoms with Crippen LogP contribution >= 0.6 is 0 Å². The summed E-state index contributed by atoms with van der Waals surface area (Å²) in [5.41, 5.74) is 7.41. The Hall–Kier alpha value is -2.83. The Morgan fingerprint density at radius 3 is 2.79 bits per heavy atom. The van der Waals surface area contributed by atoms with E-state index >= 15 is 0 Å². The van der Waals surface area contributed by atoms with E-state index in [0.29, 0.717) is 26.1 Å². The Bertz CT molecular complexity index is 713. The Labute approximate surface area is 140 Å². The van der Waals surface area contributed by atoms with Gasteiger partial charge in [0, 0.05) is 24.8 Å². The molecule has 1 aliphatic heterocycles. The standard InChI is InChI=1S/C17H21N5O2/c18-16(23)15-7-4-8-22(15)17(24)19-9-14-10-20-21(12-14)11-13-5-2-1-3-6-13/h1-3,5-6,10,12,15H,4,7-9,11H2,(H2,18,23)(H,19,24). The molecular formula is C17H21N5O2. The van der Waals surface area contributed by atoms with Crippen LogP contribution in [-0.2, 0) is 17.9 Å². The number of urea groups is 1. The van der Waals surface area contributed by atoms with Crippen LogP contribution in [0.25, 0.3) is 0 Å². The Morgan fingerprint density at radius 2 is 2.04 bits per heavy atom. The fourth-order valence-corrected chi connectivity index (χ4v) is 2.94. The Morgan fingerprint density at radius 1 is 1.25 bits per heavy atom. The Kier molecular flexibility index (Phi) is 4.79. The lowest BCUT2D eigenvalue weighted by molar-refractivity contribution is -0.121. The summed E-state index contributed by atoms with van der Waals surface area (Å²) in [6, 6.07) is 9.29. The van der Waals surface area contributed by atoms with Crippen molar-refractivity contribution in [2.24, 2.45) is 5.73 Å². The number of hydrogen-bond acceptors (Lipinski definition) is 3. The number of carbonyl (C=O) groups is 2. The molecule has 0 saturated carbocycles. The van der Waals surface area contributed by atoms with E-state index in [9.17, 15) is 9.59 Å². The summed E-state index contributed by atoms with van der Waals surface area (Å²) in [6.45, 7) is 1.62. The molecule has 24 heavy (non-hydrogen) atoms. The number of rotatable bonds is 5. The minimum atomic E-state index is -0.495. The number of likely N-dealkylation sites (tertiary alicyclic amines) is 1. The molecule has 126 valence electrons. The molecule has 1 aromatic carbocycles. The molecule has 3 amide bonds. The summed E-state index contributed by atoms with van der Waals surface area (Å²) >= 11 is 0. The maximum atomic E-state index is 12.2. The van der Waals surface area contributed by atoms with Crippen molar-refractivity contribution < 1.29 is 9.59 Å². The molecule has 7 heteroatoms. The molecule has 2 aromatic rings. The van der Waals surface area contributed by atoms with Crippen LogP contribution in [0.1, 0.15) is 24.0 Å². The normalized spacial score (nSPS) is 17.0. The van der Waals surface area contributed by atoms with E-state index in [-0.39, 0.29) is 6.03 Å². The maximum absolute atomic E-state index is 12.2. The highest BCUT2D eigenvalue weighted by Crippen LogP contribution is 2.16. The van der Waals surface area contributed by atoms with E-state index in [2.05, 4.69) is 10.4 Å². The van der Waals surface area contributed by atoms with Crippen molar-refractivity contribution in [1.29, 1.82) is 0 Å².